The number of anilines is 1. The van der Waals surface area contributed by atoms with Crippen LogP contribution in [0.3, 0.4) is 0 Å². The van der Waals surface area contributed by atoms with E-state index >= 15 is 0 Å². The molecule has 128 valence electrons. The Labute approximate surface area is 155 Å². The zero-order valence-corrected chi connectivity index (χ0v) is 15.5. The fourth-order valence-corrected chi connectivity index (χ4v) is 3.66. The van der Waals surface area contributed by atoms with Crippen molar-refractivity contribution >= 4 is 21.6 Å². The molecule has 0 spiro atoms. The number of benzene rings is 2. The number of hydrogen-bond donors (Lipinski definition) is 0. The van der Waals surface area contributed by atoms with Gasteiger partial charge in [0.2, 0.25) is 0 Å². The smallest absolute Gasteiger partial charge is 0.158 e. The van der Waals surface area contributed by atoms with Gasteiger partial charge in [-0.05, 0) is 46.3 Å². The first-order valence-corrected chi connectivity index (χ1v) is 9.00. The van der Waals surface area contributed by atoms with Gasteiger partial charge in [-0.15, -0.1) is 0 Å². The van der Waals surface area contributed by atoms with Crippen molar-refractivity contribution < 1.29 is 9.47 Å². The highest BCUT2D eigenvalue weighted by atomic mass is 79.9. The molecule has 1 saturated heterocycles. The predicted molar refractivity (Wildman–Crippen MR) is 103 cm³/mol. The summed E-state index contributed by atoms with van der Waals surface area (Å²) in [5, 5.41) is 0. The van der Waals surface area contributed by atoms with Gasteiger partial charge in [-0.3, -0.25) is 0 Å². The van der Waals surface area contributed by atoms with E-state index in [1.807, 2.05) is 36.4 Å². The molecule has 2 heterocycles. The van der Waals surface area contributed by atoms with Crippen molar-refractivity contribution in [1.82, 2.24) is 4.57 Å². The van der Waals surface area contributed by atoms with Gasteiger partial charge in [0.15, 0.2) is 6.23 Å². The summed E-state index contributed by atoms with van der Waals surface area (Å²) >= 11 is 3.61. The summed E-state index contributed by atoms with van der Waals surface area (Å²) in [4.78, 5) is 2.27. The van der Waals surface area contributed by atoms with E-state index in [-0.39, 0.29) is 6.23 Å². The van der Waals surface area contributed by atoms with Gasteiger partial charge < -0.3 is 18.9 Å². The normalized spacial score (nSPS) is 17.0. The molecular formula is C20H19BrN2O2. The van der Waals surface area contributed by atoms with Crippen LogP contribution in [0, 0.1) is 0 Å². The molecule has 0 radical (unpaired) electrons. The third-order valence-corrected chi connectivity index (χ3v) is 5.08. The Hall–Kier alpha value is -2.24. The fourth-order valence-electron chi connectivity index (χ4n) is 3.17. The number of para-hydroxylation sites is 1. The quantitative estimate of drug-likeness (QED) is 0.632. The average molecular weight is 399 g/mol. The second kappa shape index (κ2) is 6.94. The largest absolute Gasteiger partial charge is 0.497 e. The number of ether oxygens (including phenoxy) is 2. The fraction of sp³-hybridized carbons (Fsp3) is 0.200. The molecule has 2 aromatic carbocycles. The molecule has 0 amide bonds. The van der Waals surface area contributed by atoms with Crippen LogP contribution in [0.4, 0.5) is 5.69 Å². The average Bonchev–Trinajstić information content (AvgIpc) is 3.31. The Morgan fingerprint density at radius 3 is 2.84 bits per heavy atom. The van der Waals surface area contributed by atoms with Crippen LogP contribution < -0.4 is 9.64 Å². The Morgan fingerprint density at radius 1 is 1.12 bits per heavy atom. The molecule has 1 atom stereocenters. The molecule has 4 rings (SSSR count). The first-order chi connectivity index (χ1) is 12.3. The van der Waals surface area contributed by atoms with Crippen molar-refractivity contribution in [3.05, 3.63) is 77.0 Å². The number of aromatic nitrogens is 1. The number of hydrogen-bond acceptors (Lipinski definition) is 3. The lowest BCUT2D eigenvalue weighted by molar-refractivity contribution is 0.114. The van der Waals surface area contributed by atoms with Gasteiger partial charge in [0.05, 0.1) is 19.4 Å². The lowest BCUT2D eigenvalue weighted by Crippen LogP contribution is -2.22. The standard InChI is InChI=1S/C20H19BrN2O2/c1-24-17-6-4-5-16(13-17)23-11-12-25-20(23)15-9-10-22(14-15)19-8-3-2-7-18(19)21/h2-10,13-14,20H,11-12H2,1H3. The summed E-state index contributed by atoms with van der Waals surface area (Å²) in [5.74, 6) is 0.855. The van der Waals surface area contributed by atoms with Gasteiger partial charge in [-0.1, -0.05) is 18.2 Å². The molecular weight excluding hydrogens is 380 g/mol. The number of nitrogens with zero attached hydrogens (tertiary/aromatic N) is 2. The maximum atomic E-state index is 6.02. The van der Waals surface area contributed by atoms with E-state index < -0.39 is 0 Å². The lowest BCUT2D eigenvalue weighted by Gasteiger charge is -2.25. The lowest BCUT2D eigenvalue weighted by atomic mass is 10.2. The van der Waals surface area contributed by atoms with Crippen molar-refractivity contribution in [2.75, 3.05) is 25.2 Å². The van der Waals surface area contributed by atoms with Crippen LogP contribution in [-0.4, -0.2) is 24.8 Å². The number of rotatable bonds is 4. The molecule has 1 aromatic heterocycles. The van der Waals surface area contributed by atoms with E-state index in [9.17, 15) is 0 Å². The van der Waals surface area contributed by atoms with Gasteiger partial charge in [0.25, 0.3) is 0 Å². The summed E-state index contributed by atoms with van der Waals surface area (Å²) < 4.78 is 14.6. The summed E-state index contributed by atoms with van der Waals surface area (Å²) in [6, 6.07) is 18.4. The van der Waals surface area contributed by atoms with Crippen molar-refractivity contribution in [2.24, 2.45) is 0 Å². The predicted octanol–water partition coefficient (Wildman–Crippen LogP) is 4.78. The van der Waals surface area contributed by atoms with Crippen molar-refractivity contribution in [3.8, 4) is 11.4 Å². The van der Waals surface area contributed by atoms with Gasteiger partial charge in [0.1, 0.15) is 5.75 Å². The van der Waals surface area contributed by atoms with Crippen LogP contribution in [0.1, 0.15) is 11.8 Å². The van der Waals surface area contributed by atoms with E-state index in [4.69, 9.17) is 9.47 Å². The minimum absolute atomic E-state index is 0.0872. The Bertz CT molecular complexity index is 877. The minimum Gasteiger partial charge on any atom is -0.497 e. The van der Waals surface area contributed by atoms with E-state index in [2.05, 4.69) is 56.0 Å². The van der Waals surface area contributed by atoms with E-state index in [0.29, 0.717) is 6.61 Å². The van der Waals surface area contributed by atoms with Crippen LogP contribution in [0.2, 0.25) is 0 Å². The monoisotopic (exact) mass is 398 g/mol. The maximum absolute atomic E-state index is 6.02. The summed E-state index contributed by atoms with van der Waals surface area (Å²) in [6.45, 7) is 1.57. The molecule has 1 fully saturated rings. The highest BCUT2D eigenvalue weighted by Gasteiger charge is 2.28. The molecule has 1 aliphatic rings. The highest BCUT2D eigenvalue weighted by molar-refractivity contribution is 9.10. The second-order valence-corrected chi connectivity index (χ2v) is 6.78. The number of methoxy groups -OCH3 is 1. The third kappa shape index (κ3) is 3.17. The molecule has 1 aliphatic heterocycles. The zero-order valence-electron chi connectivity index (χ0n) is 13.9. The first kappa shape index (κ1) is 16.2. The van der Waals surface area contributed by atoms with Crippen LogP contribution >= 0.6 is 15.9 Å². The van der Waals surface area contributed by atoms with E-state index in [1.54, 1.807) is 7.11 Å². The van der Waals surface area contributed by atoms with E-state index in [1.165, 1.54) is 0 Å². The Balaban J connectivity index is 1.64. The molecule has 5 heteroatoms. The molecule has 1 unspecified atom stereocenters. The Kier molecular flexibility index (Phi) is 4.51. The highest BCUT2D eigenvalue weighted by Crippen LogP contribution is 2.34. The van der Waals surface area contributed by atoms with E-state index in [0.717, 1.165) is 33.7 Å². The van der Waals surface area contributed by atoms with Crippen molar-refractivity contribution in [3.63, 3.8) is 0 Å². The van der Waals surface area contributed by atoms with Gasteiger partial charge in [0, 0.05) is 40.7 Å². The van der Waals surface area contributed by atoms with Crippen LogP contribution in [0.25, 0.3) is 5.69 Å². The number of halogens is 1. The summed E-state index contributed by atoms with van der Waals surface area (Å²) in [5.41, 5.74) is 3.35. The topological polar surface area (TPSA) is 26.6 Å². The van der Waals surface area contributed by atoms with Crippen molar-refractivity contribution in [2.45, 2.75) is 6.23 Å². The minimum atomic E-state index is -0.0872. The van der Waals surface area contributed by atoms with Crippen molar-refractivity contribution in [1.29, 1.82) is 0 Å². The second-order valence-electron chi connectivity index (χ2n) is 5.92. The van der Waals surface area contributed by atoms with Crippen LogP contribution in [0.15, 0.2) is 71.5 Å². The van der Waals surface area contributed by atoms with Gasteiger partial charge in [-0.25, -0.2) is 0 Å². The van der Waals surface area contributed by atoms with Crippen LogP contribution in [0.5, 0.6) is 5.75 Å². The van der Waals surface area contributed by atoms with Gasteiger partial charge >= 0.3 is 0 Å². The van der Waals surface area contributed by atoms with Gasteiger partial charge in [-0.2, -0.15) is 0 Å². The Morgan fingerprint density at radius 2 is 2.00 bits per heavy atom. The molecule has 4 nitrogen and oxygen atoms in total. The molecule has 0 N–H and O–H groups in total. The summed E-state index contributed by atoms with van der Waals surface area (Å²) in [7, 11) is 1.69. The van der Waals surface area contributed by atoms with Crippen LogP contribution in [-0.2, 0) is 4.74 Å². The molecule has 0 aliphatic carbocycles. The third-order valence-electron chi connectivity index (χ3n) is 4.41. The summed E-state index contributed by atoms with van der Waals surface area (Å²) in [6.07, 6.45) is 4.11. The molecule has 3 aromatic rings. The molecule has 0 saturated carbocycles. The maximum Gasteiger partial charge on any atom is 0.158 e. The SMILES string of the molecule is COc1cccc(N2CCOC2c2ccn(-c3ccccc3Br)c2)c1. The first-order valence-electron chi connectivity index (χ1n) is 8.21. The zero-order chi connectivity index (χ0) is 17.2. The molecule has 0 bridgehead atoms. The molecule has 25 heavy (non-hydrogen) atoms.